The number of benzene rings is 2. The zero-order valence-electron chi connectivity index (χ0n) is 11.7. The third kappa shape index (κ3) is 2.86. The van der Waals surface area contributed by atoms with Crippen LogP contribution in [0.3, 0.4) is 0 Å². The summed E-state index contributed by atoms with van der Waals surface area (Å²) in [5.74, 6) is 0.450. The molecule has 2 N–H and O–H groups in total. The van der Waals surface area contributed by atoms with E-state index in [4.69, 9.17) is 10.5 Å². The molecule has 0 saturated carbocycles. The van der Waals surface area contributed by atoms with Gasteiger partial charge in [-0.2, -0.15) is 0 Å². The van der Waals surface area contributed by atoms with E-state index in [0.717, 1.165) is 22.4 Å². The number of rotatable bonds is 3. The molecule has 0 heterocycles. The lowest BCUT2D eigenvalue weighted by Crippen LogP contribution is -2.14. The molecule has 2 aromatic carbocycles. The molecular weight excluding hydrogens is 321 g/mol. The maximum Gasteiger partial charge on any atom is 0.127 e. The van der Waals surface area contributed by atoms with Gasteiger partial charge in [-0.3, -0.25) is 0 Å². The van der Waals surface area contributed by atoms with Crippen LogP contribution >= 0.6 is 15.9 Å². The predicted octanol–water partition coefficient (Wildman–Crippen LogP) is 4.26. The minimum absolute atomic E-state index is 0.312. The second kappa shape index (κ2) is 5.94. The largest absolute Gasteiger partial charge is 0.496 e. The Kier molecular flexibility index (Phi) is 4.45. The van der Waals surface area contributed by atoms with Gasteiger partial charge < -0.3 is 10.5 Å². The van der Waals surface area contributed by atoms with Crippen LogP contribution in [0.5, 0.6) is 5.75 Å². The molecule has 0 spiro atoms. The quantitative estimate of drug-likeness (QED) is 0.907. The number of nitrogens with two attached hydrogens (primary N) is 1. The fourth-order valence-electron chi connectivity index (χ4n) is 2.26. The highest BCUT2D eigenvalue weighted by Crippen LogP contribution is 2.33. The van der Waals surface area contributed by atoms with Gasteiger partial charge in [0.1, 0.15) is 11.6 Å². The maximum absolute atomic E-state index is 13.5. The summed E-state index contributed by atoms with van der Waals surface area (Å²) < 4.78 is 19.7. The van der Waals surface area contributed by atoms with Gasteiger partial charge in [-0.25, -0.2) is 4.39 Å². The monoisotopic (exact) mass is 337 g/mol. The molecule has 0 bridgehead atoms. The van der Waals surface area contributed by atoms with Crippen LogP contribution in [0.15, 0.2) is 34.8 Å². The molecule has 1 unspecified atom stereocenters. The average molecular weight is 338 g/mol. The molecule has 0 fully saturated rings. The molecule has 0 aliphatic rings. The lowest BCUT2D eigenvalue weighted by atomic mass is 9.95. The molecule has 1 atom stereocenters. The summed E-state index contributed by atoms with van der Waals surface area (Å²) in [6.45, 7) is 4.01. The summed E-state index contributed by atoms with van der Waals surface area (Å²) >= 11 is 3.29. The van der Waals surface area contributed by atoms with Crippen molar-refractivity contribution in [1.29, 1.82) is 0 Å². The van der Waals surface area contributed by atoms with E-state index in [1.165, 1.54) is 12.1 Å². The highest BCUT2D eigenvalue weighted by molar-refractivity contribution is 9.10. The highest BCUT2D eigenvalue weighted by Gasteiger charge is 2.17. The zero-order chi connectivity index (χ0) is 14.9. The van der Waals surface area contributed by atoms with Crippen LogP contribution < -0.4 is 10.5 Å². The molecule has 0 amide bonds. The van der Waals surface area contributed by atoms with Crippen LogP contribution in [0.1, 0.15) is 28.3 Å². The van der Waals surface area contributed by atoms with Crippen molar-refractivity contribution in [3.05, 3.63) is 62.9 Å². The first-order chi connectivity index (χ1) is 9.43. The molecule has 0 aromatic heterocycles. The van der Waals surface area contributed by atoms with Crippen molar-refractivity contribution in [2.45, 2.75) is 19.9 Å². The van der Waals surface area contributed by atoms with Crippen LogP contribution in [-0.2, 0) is 0 Å². The summed E-state index contributed by atoms with van der Waals surface area (Å²) in [4.78, 5) is 0. The second-order valence-electron chi connectivity index (χ2n) is 4.81. The van der Waals surface area contributed by atoms with E-state index in [2.05, 4.69) is 15.9 Å². The van der Waals surface area contributed by atoms with Crippen molar-refractivity contribution in [3.8, 4) is 5.75 Å². The van der Waals surface area contributed by atoms with E-state index in [1.54, 1.807) is 7.11 Å². The Morgan fingerprint density at radius 3 is 2.50 bits per heavy atom. The number of aryl methyl sites for hydroxylation is 1. The Balaban J connectivity index is 2.53. The lowest BCUT2D eigenvalue weighted by Gasteiger charge is -2.19. The number of hydrogen-bond donors (Lipinski definition) is 1. The lowest BCUT2D eigenvalue weighted by molar-refractivity contribution is 0.404. The highest BCUT2D eigenvalue weighted by atomic mass is 79.9. The Bertz CT molecular complexity index is 622. The van der Waals surface area contributed by atoms with E-state index < -0.39 is 6.04 Å². The van der Waals surface area contributed by atoms with E-state index >= 15 is 0 Å². The van der Waals surface area contributed by atoms with Crippen molar-refractivity contribution >= 4 is 15.9 Å². The minimum Gasteiger partial charge on any atom is -0.496 e. The Morgan fingerprint density at radius 1 is 1.20 bits per heavy atom. The van der Waals surface area contributed by atoms with Gasteiger partial charge in [0.2, 0.25) is 0 Å². The molecule has 106 valence electrons. The van der Waals surface area contributed by atoms with E-state index in [9.17, 15) is 4.39 Å². The number of halogens is 2. The fourth-order valence-corrected chi connectivity index (χ4v) is 2.74. The third-order valence-electron chi connectivity index (χ3n) is 3.49. The standard InChI is InChI=1S/C16H17BrFNO/c1-9-4-5-14(16(20-3)10(9)2)15(19)11-6-12(17)8-13(18)7-11/h4-8,15H,19H2,1-3H3. The summed E-state index contributed by atoms with van der Waals surface area (Å²) in [5.41, 5.74) is 10.0. The van der Waals surface area contributed by atoms with Gasteiger partial charge in [-0.1, -0.05) is 28.1 Å². The van der Waals surface area contributed by atoms with Gasteiger partial charge in [-0.05, 0) is 48.7 Å². The first-order valence-electron chi connectivity index (χ1n) is 6.29. The minimum atomic E-state index is -0.434. The van der Waals surface area contributed by atoms with Gasteiger partial charge in [0.05, 0.1) is 13.2 Å². The van der Waals surface area contributed by atoms with E-state index in [0.29, 0.717) is 10.0 Å². The molecule has 0 radical (unpaired) electrons. The van der Waals surface area contributed by atoms with Crippen molar-refractivity contribution in [1.82, 2.24) is 0 Å². The summed E-state index contributed by atoms with van der Waals surface area (Å²) in [6, 6.07) is 8.18. The predicted molar refractivity (Wildman–Crippen MR) is 82.6 cm³/mol. The fraction of sp³-hybridized carbons (Fsp3) is 0.250. The Morgan fingerprint density at radius 2 is 1.90 bits per heavy atom. The Labute approximate surface area is 126 Å². The normalized spacial score (nSPS) is 12.3. The molecule has 0 aliphatic heterocycles. The Hall–Kier alpha value is -1.39. The van der Waals surface area contributed by atoms with E-state index in [-0.39, 0.29) is 5.82 Å². The van der Waals surface area contributed by atoms with Gasteiger partial charge in [-0.15, -0.1) is 0 Å². The molecule has 20 heavy (non-hydrogen) atoms. The first kappa shape index (κ1) is 15.0. The van der Waals surface area contributed by atoms with Gasteiger partial charge in [0, 0.05) is 10.0 Å². The average Bonchev–Trinajstić information content (AvgIpc) is 2.39. The summed E-state index contributed by atoms with van der Waals surface area (Å²) in [5, 5.41) is 0. The molecule has 2 rings (SSSR count). The number of ether oxygens (including phenoxy) is 1. The molecule has 4 heteroatoms. The molecule has 2 nitrogen and oxygen atoms in total. The van der Waals surface area contributed by atoms with Crippen LogP contribution in [0.4, 0.5) is 4.39 Å². The number of hydrogen-bond acceptors (Lipinski definition) is 2. The second-order valence-corrected chi connectivity index (χ2v) is 5.73. The SMILES string of the molecule is COc1c(C(N)c2cc(F)cc(Br)c2)ccc(C)c1C. The molecule has 2 aromatic rings. The molecule has 0 aliphatic carbocycles. The first-order valence-corrected chi connectivity index (χ1v) is 7.09. The van der Waals surface area contributed by atoms with Crippen molar-refractivity contribution in [2.75, 3.05) is 7.11 Å². The van der Waals surface area contributed by atoms with Crippen LogP contribution in [-0.4, -0.2) is 7.11 Å². The topological polar surface area (TPSA) is 35.2 Å². The summed E-state index contributed by atoms with van der Waals surface area (Å²) in [7, 11) is 1.62. The zero-order valence-corrected chi connectivity index (χ0v) is 13.3. The molecule has 0 saturated heterocycles. The van der Waals surface area contributed by atoms with Crippen molar-refractivity contribution < 1.29 is 9.13 Å². The van der Waals surface area contributed by atoms with Gasteiger partial charge >= 0.3 is 0 Å². The maximum atomic E-state index is 13.5. The van der Waals surface area contributed by atoms with Gasteiger partial charge in [0.15, 0.2) is 0 Å². The molecular formula is C16H17BrFNO. The van der Waals surface area contributed by atoms with Crippen LogP contribution in [0, 0.1) is 19.7 Å². The van der Waals surface area contributed by atoms with Crippen LogP contribution in [0.25, 0.3) is 0 Å². The van der Waals surface area contributed by atoms with Crippen LogP contribution in [0.2, 0.25) is 0 Å². The third-order valence-corrected chi connectivity index (χ3v) is 3.95. The van der Waals surface area contributed by atoms with Crippen molar-refractivity contribution in [3.63, 3.8) is 0 Å². The van der Waals surface area contributed by atoms with Gasteiger partial charge in [0.25, 0.3) is 0 Å². The van der Waals surface area contributed by atoms with Crippen molar-refractivity contribution in [2.24, 2.45) is 5.73 Å². The summed E-state index contributed by atoms with van der Waals surface area (Å²) in [6.07, 6.45) is 0. The smallest absolute Gasteiger partial charge is 0.127 e. The number of methoxy groups -OCH3 is 1. The van der Waals surface area contributed by atoms with E-state index in [1.807, 2.05) is 32.0 Å².